The van der Waals surface area contributed by atoms with Gasteiger partial charge in [-0.2, -0.15) is 13.2 Å². The van der Waals surface area contributed by atoms with Gasteiger partial charge in [-0.3, -0.25) is 4.79 Å². The summed E-state index contributed by atoms with van der Waals surface area (Å²) in [6, 6.07) is 6.66. The second-order valence-corrected chi connectivity index (χ2v) is 5.02. The summed E-state index contributed by atoms with van der Waals surface area (Å²) >= 11 is 5.94. The third kappa shape index (κ3) is 3.43. The van der Waals surface area contributed by atoms with Gasteiger partial charge in [0, 0.05) is 18.1 Å². The molecule has 0 radical (unpaired) electrons. The minimum absolute atomic E-state index is 0.0160. The van der Waals surface area contributed by atoms with Gasteiger partial charge in [-0.1, -0.05) is 29.8 Å². The molecule has 0 saturated heterocycles. The van der Waals surface area contributed by atoms with Crippen molar-refractivity contribution in [1.29, 1.82) is 0 Å². The van der Waals surface area contributed by atoms with Crippen molar-refractivity contribution in [1.82, 2.24) is 4.90 Å². The summed E-state index contributed by atoms with van der Waals surface area (Å²) in [5.41, 5.74) is 2.82. The molecule has 1 amide bonds. The van der Waals surface area contributed by atoms with Gasteiger partial charge in [0.15, 0.2) is 5.54 Å². The molecular formula is C13H16ClF3N2O. The monoisotopic (exact) mass is 308 g/mol. The molecule has 0 aliphatic rings. The van der Waals surface area contributed by atoms with Crippen molar-refractivity contribution in [2.75, 3.05) is 6.54 Å². The Bertz CT molecular complexity index is 489. The Morgan fingerprint density at radius 1 is 1.35 bits per heavy atom. The standard InChI is InChI=1S/C13H16ClF3N2O/c1-3-19(8-9-6-4-5-7-10(9)14)11(20)12(2,18)13(15,16)17/h4-7H,3,8,18H2,1-2H3. The summed E-state index contributed by atoms with van der Waals surface area (Å²) in [5, 5.41) is 0.393. The van der Waals surface area contributed by atoms with Crippen molar-refractivity contribution in [2.24, 2.45) is 5.73 Å². The maximum Gasteiger partial charge on any atom is 0.415 e. The number of hydrogen-bond acceptors (Lipinski definition) is 2. The summed E-state index contributed by atoms with van der Waals surface area (Å²) in [5.74, 6) is -1.17. The van der Waals surface area contributed by atoms with Gasteiger partial charge in [0.05, 0.1) is 0 Å². The van der Waals surface area contributed by atoms with Crippen LogP contribution >= 0.6 is 11.6 Å². The molecule has 0 heterocycles. The van der Waals surface area contributed by atoms with Crippen LogP contribution in [0.3, 0.4) is 0 Å². The normalized spacial score (nSPS) is 14.8. The predicted molar refractivity (Wildman–Crippen MR) is 71.2 cm³/mol. The highest BCUT2D eigenvalue weighted by Gasteiger charge is 2.55. The lowest BCUT2D eigenvalue weighted by molar-refractivity contribution is -0.194. The molecule has 20 heavy (non-hydrogen) atoms. The summed E-state index contributed by atoms with van der Waals surface area (Å²) < 4.78 is 38.4. The van der Waals surface area contributed by atoms with E-state index < -0.39 is 17.6 Å². The first-order chi connectivity index (χ1) is 9.11. The maximum atomic E-state index is 12.8. The fourth-order valence-electron chi connectivity index (χ4n) is 1.61. The van der Waals surface area contributed by atoms with Crippen molar-refractivity contribution in [3.63, 3.8) is 0 Å². The average Bonchev–Trinajstić information content (AvgIpc) is 2.35. The Labute approximate surface area is 120 Å². The number of nitrogens with two attached hydrogens (primary N) is 1. The van der Waals surface area contributed by atoms with Crippen LogP contribution in [-0.2, 0) is 11.3 Å². The van der Waals surface area contributed by atoms with Crippen molar-refractivity contribution in [2.45, 2.75) is 32.1 Å². The number of halogens is 4. The molecule has 1 unspecified atom stereocenters. The number of carbonyl (C=O) groups is 1. The molecule has 1 aromatic carbocycles. The molecule has 0 spiro atoms. The second kappa shape index (κ2) is 6.01. The van der Waals surface area contributed by atoms with Gasteiger partial charge < -0.3 is 10.6 Å². The van der Waals surface area contributed by atoms with Crippen LogP contribution in [0.5, 0.6) is 0 Å². The first-order valence-corrected chi connectivity index (χ1v) is 6.37. The SMILES string of the molecule is CCN(Cc1ccccc1Cl)C(=O)C(C)(N)C(F)(F)F. The number of alkyl halides is 3. The van der Waals surface area contributed by atoms with Crippen molar-refractivity contribution in [3.8, 4) is 0 Å². The Balaban J connectivity index is 2.98. The topological polar surface area (TPSA) is 46.3 Å². The fourth-order valence-corrected chi connectivity index (χ4v) is 1.80. The van der Waals surface area contributed by atoms with Gasteiger partial charge in [0.1, 0.15) is 0 Å². The number of amides is 1. The summed E-state index contributed by atoms with van der Waals surface area (Å²) in [7, 11) is 0. The molecule has 112 valence electrons. The number of rotatable bonds is 4. The highest BCUT2D eigenvalue weighted by atomic mass is 35.5. The second-order valence-electron chi connectivity index (χ2n) is 4.61. The molecule has 7 heteroatoms. The van der Waals surface area contributed by atoms with E-state index in [0.717, 1.165) is 4.90 Å². The highest BCUT2D eigenvalue weighted by Crippen LogP contribution is 2.30. The van der Waals surface area contributed by atoms with E-state index in [2.05, 4.69) is 0 Å². The lowest BCUT2D eigenvalue weighted by Crippen LogP contribution is -2.62. The number of benzene rings is 1. The molecule has 0 aliphatic carbocycles. The van der Waals surface area contributed by atoms with Crippen LogP contribution in [0.25, 0.3) is 0 Å². The van der Waals surface area contributed by atoms with E-state index in [4.69, 9.17) is 17.3 Å². The molecule has 3 nitrogen and oxygen atoms in total. The number of nitrogens with zero attached hydrogens (tertiary/aromatic N) is 1. The van der Waals surface area contributed by atoms with Crippen LogP contribution in [0.4, 0.5) is 13.2 Å². The molecule has 1 aromatic rings. The zero-order valence-corrected chi connectivity index (χ0v) is 11.9. The first kappa shape index (κ1) is 16.8. The minimum Gasteiger partial charge on any atom is -0.337 e. The van der Waals surface area contributed by atoms with Crippen LogP contribution in [0.1, 0.15) is 19.4 Å². The zero-order chi connectivity index (χ0) is 15.6. The largest absolute Gasteiger partial charge is 0.415 e. The van der Waals surface area contributed by atoms with Crippen LogP contribution in [-0.4, -0.2) is 29.1 Å². The molecule has 2 N–H and O–H groups in total. The molecular weight excluding hydrogens is 293 g/mol. The van der Waals surface area contributed by atoms with Crippen LogP contribution < -0.4 is 5.73 Å². The van der Waals surface area contributed by atoms with E-state index in [9.17, 15) is 18.0 Å². The molecule has 0 aromatic heterocycles. The van der Waals surface area contributed by atoms with Crippen molar-refractivity contribution < 1.29 is 18.0 Å². The summed E-state index contributed by atoms with van der Waals surface area (Å²) in [6.07, 6.45) is -4.81. The lowest BCUT2D eigenvalue weighted by Gasteiger charge is -2.32. The molecule has 1 atom stereocenters. The Hall–Kier alpha value is -1.27. The zero-order valence-electron chi connectivity index (χ0n) is 11.2. The van der Waals surface area contributed by atoms with E-state index >= 15 is 0 Å². The molecule has 1 rings (SSSR count). The van der Waals surface area contributed by atoms with Crippen LogP contribution in [0, 0.1) is 0 Å². The van der Waals surface area contributed by atoms with E-state index in [1.54, 1.807) is 31.2 Å². The fraction of sp³-hybridized carbons (Fsp3) is 0.462. The van der Waals surface area contributed by atoms with Crippen LogP contribution in [0.15, 0.2) is 24.3 Å². The Kier molecular flexibility index (Phi) is 5.05. The Morgan fingerprint density at radius 2 is 1.90 bits per heavy atom. The third-order valence-electron chi connectivity index (χ3n) is 3.02. The lowest BCUT2D eigenvalue weighted by atomic mass is 10.0. The quantitative estimate of drug-likeness (QED) is 0.929. The predicted octanol–water partition coefficient (Wildman–Crippen LogP) is 2.97. The molecule has 0 aliphatic heterocycles. The van der Waals surface area contributed by atoms with Crippen molar-refractivity contribution >= 4 is 17.5 Å². The van der Waals surface area contributed by atoms with E-state index in [0.29, 0.717) is 17.5 Å². The smallest absolute Gasteiger partial charge is 0.337 e. The minimum atomic E-state index is -4.81. The van der Waals surface area contributed by atoms with Gasteiger partial charge in [0.25, 0.3) is 5.91 Å². The van der Waals surface area contributed by atoms with E-state index in [1.165, 1.54) is 0 Å². The summed E-state index contributed by atoms with van der Waals surface area (Å²) in [6.45, 7) is 2.34. The molecule has 0 saturated carbocycles. The van der Waals surface area contributed by atoms with Gasteiger partial charge in [-0.05, 0) is 25.5 Å². The van der Waals surface area contributed by atoms with E-state index in [-0.39, 0.29) is 13.1 Å². The number of carbonyl (C=O) groups excluding carboxylic acids is 1. The van der Waals surface area contributed by atoms with Gasteiger partial charge in [-0.25, -0.2) is 0 Å². The number of likely N-dealkylation sites (N-methyl/N-ethyl adjacent to an activating group) is 1. The first-order valence-electron chi connectivity index (χ1n) is 5.99. The van der Waals surface area contributed by atoms with Gasteiger partial charge in [0.2, 0.25) is 0 Å². The van der Waals surface area contributed by atoms with Crippen molar-refractivity contribution in [3.05, 3.63) is 34.9 Å². The molecule has 0 fully saturated rings. The highest BCUT2D eigenvalue weighted by molar-refractivity contribution is 6.31. The average molecular weight is 309 g/mol. The van der Waals surface area contributed by atoms with Gasteiger partial charge in [-0.15, -0.1) is 0 Å². The van der Waals surface area contributed by atoms with E-state index in [1.807, 2.05) is 0 Å². The van der Waals surface area contributed by atoms with Gasteiger partial charge >= 0.3 is 6.18 Å². The Morgan fingerprint density at radius 3 is 2.35 bits per heavy atom. The summed E-state index contributed by atoms with van der Waals surface area (Å²) in [4.78, 5) is 13.0. The maximum absolute atomic E-state index is 12.8. The third-order valence-corrected chi connectivity index (χ3v) is 3.39. The molecule has 0 bridgehead atoms. The van der Waals surface area contributed by atoms with Crippen LogP contribution in [0.2, 0.25) is 5.02 Å². The number of hydrogen-bond donors (Lipinski definition) is 1.